The van der Waals surface area contributed by atoms with Crippen LogP contribution in [0.2, 0.25) is 10.0 Å². The van der Waals surface area contributed by atoms with Crippen molar-refractivity contribution in [1.29, 1.82) is 0 Å². The average Bonchev–Trinajstić information content (AvgIpc) is 3.02. The summed E-state index contributed by atoms with van der Waals surface area (Å²) in [6.07, 6.45) is 0.0435. The molecule has 0 spiro atoms. The summed E-state index contributed by atoms with van der Waals surface area (Å²) in [5, 5.41) is 5.91. The molecule has 11 nitrogen and oxygen atoms in total. The fraction of sp³-hybridized carbons (Fsp3) is 0.156. The third-order valence-corrected chi connectivity index (χ3v) is 8.22. The zero-order chi connectivity index (χ0) is 33.3. The topological polar surface area (TPSA) is 143 Å². The molecule has 3 N–H and O–H groups in total. The highest BCUT2D eigenvalue weighted by molar-refractivity contribution is 7.92. The summed E-state index contributed by atoms with van der Waals surface area (Å²) in [5.74, 6) is -0.0298. The van der Waals surface area contributed by atoms with Crippen LogP contribution in [-0.2, 0) is 21.2 Å². The van der Waals surface area contributed by atoms with E-state index < -0.39 is 27.9 Å². The van der Waals surface area contributed by atoms with Gasteiger partial charge < -0.3 is 25.0 Å². The summed E-state index contributed by atoms with van der Waals surface area (Å²) in [5.41, 5.74) is 1.26. The maximum absolute atomic E-state index is 13.1. The van der Waals surface area contributed by atoms with Crippen molar-refractivity contribution in [2.24, 2.45) is 0 Å². The fourth-order valence-corrected chi connectivity index (χ4v) is 5.41. The number of benzene rings is 4. The summed E-state index contributed by atoms with van der Waals surface area (Å²) in [4.78, 5) is 37.7. The Balaban J connectivity index is 1.26. The molecule has 4 aromatic carbocycles. The van der Waals surface area contributed by atoms with Gasteiger partial charge in [-0.15, -0.1) is 0 Å². The number of ether oxygens (including phenoxy) is 2. The minimum absolute atomic E-state index is 0.0926. The number of para-hydroxylation sites is 2. The molecule has 0 saturated carbocycles. The second-order valence-electron chi connectivity index (χ2n) is 9.99. The SMILES string of the molecule is CN(C)C(=O)Oc1ccc(CCNC(=O)CNC(=O)c2ccc(S(=O)(=O)Nc3ccccc3Oc3ccc(Cl)cc3Cl)cc2)cc1. The Morgan fingerprint density at radius 3 is 2.20 bits per heavy atom. The second kappa shape index (κ2) is 15.5. The molecule has 0 unspecified atom stereocenters. The van der Waals surface area contributed by atoms with E-state index >= 15 is 0 Å². The molecular weight excluding hydrogens is 655 g/mol. The van der Waals surface area contributed by atoms with Crippen LogP contribution in [0, 0.1) is 0 Å². The smallest absolute Gasteiger partial charge is 0.414 e. The van der Waals surface area contributed by atoms with E-state index in [4.69, 9.17) is 32.7 Å². The summed E-state index contributed by atoms with van der Waals surface area (Å²) < 4.78 is 39.7. The van der Waals surface area contributed by atoms with Crippen LogP contribution in [0.4, 0.5) is 10.5 Å². The maximum atomic E-state index is 13.1. The maximum Gasteiger partial charge on any atom is 0.414 e. The van der Waals surface area contributed by atoms with Crippen molar-refractivity contribution in [2.45, 2.75) is 11.3 Å². The molecule has 4 aromatic rings. The molecule has 0 aromatic heterocycles. The van der Waals surface area contributed by atoms with Crippen LogP contribution < -0.4 is 24.8 Å². The van der Waals surface area contributed by atoms with Gasteiger partial charge in [-0.2, -0.15) is 0 Å². The Labute approximate surface area is 276 Å². The molecular formula is C32H30Cl2N4O7S. The number of carbonyl (C=O) groups is 3. The molecule has 0 radical (unpaired) electrons. The first kappa shape index (κ1) is 34.1. The second-order valence-corrected chi connectivity index (χ2v) is 12.5. The number of sulfonamides is 1. The van der Waals surface area contributed by atoms with E-state index in [1.165, 1.54) is 41.3 Å². The minimum Gasteiger partial charge on any atom is -0.454 e. The third-order valence-electron chi connectivity index (χ3n) is 6.31. The largest absolute Gasteiger partial charge is 0.454 e. The average molecular weight is 686 g/mol. The first-order chi connectivity index (χ1) is 21.9. The lowest BCUT2D eigenvalue weighted by Crippen LogP contribution is -2.37. The number of carbonyl (C=O) groups excluding carboxylic acids is 3. The van der Waals surface area contributed by atoms with E-state index in [0.29, 0.717) is 23.7 Å². The third kappa shape index (κ3) is 9.61. The van der Waals surface area contributed by atoms with Gasteiger partial charge in [0.15, 0.2) is 5.75 Å². The Hall–Kier alpha value is -4.78. The lowest BCUT2D eigenvalue weighted by Gasteiger charge is -2.14. The van der Waals surface area contributed by atoms with Gasteiger partial charge in [0.05, 0.1) is 22.2 Å². The molecule has 0 heterocycles. The number of amides is 3. The normalized spacial score (nSPS) is 10.9. The van der Waals surface area contributed by atoms with Gasteiger partial charge in [0.25, 0.3) is 15.9 Å². The van der Waals surface area contributed by atoms with Crippen LogP contribution in [0.3, 0.4) is 0 Å². The predicted octanol–water partition coefficient (Wildman–Crippen LogP) is 5.74. The van der Waals surface area contributed by atoms with Crippen molar-refractivity contribution in [1.82, 2.24) is 15.5 Å². The van der Waals surface area contributed by atoms with Crippen LogP contribution in [0.5, 0.6) is 17.2 Å². The number of rotatable bonds is 12. The van der Waals surface area contributed by atoms with Gasteiger partial charge in [-0.1, -0.05) is 47.5 Å². The highest BCUT2D eigenvalue weighted by atomic mass is 35.5. The standard InChI is InChI=1S/C32H30Cl2N4O7S/c1-38(2)32(41)44-24-12-7-21(8-13-24)17-18-35-30(39)20-36-31(40)22-9-14-25(15-10-22)46(42,43)37-27-5-3-4-6-29(27)45-28-16-11-23(33)19-26(28)34/h3-16,19,37H,17-18,20H2,1-2H3,(H,35,39)(H,36,40). The molecule has 0 bridgehead atoms. The quantitative estimate of drug-likeness (QED) is 0.173. The van der Waals surface area contributed by atoms with Crippen molar-refractivity contribution in [3.8, 4) is 17.2 Å². The lowest BCUT2D eigenvalue weighted by molar-refractivity contribution is -0.120. The van der Waals surface area contributed by atoms with Gasteiger partial charge in [-0.05, 0) is 78.7 Å². The molecule has 14 heteroatoms. The monoisotopic (exact) mass is 684 g/mol. The first-order valence-electron chi connectivity index (χ1n) is 13.8. The minimum atomic E-state index is -4.06. The van der Waals surface area contributed by atoms with E-state index in [0.717, 1.165) is 5.56 Å². The summed E-state index contributed by atoms with van der Waals surface area (Å²) in [6, 6.07) is 23.3. The highest BCUT2D eigenvalue weighted by Gasteiger charge is 2.18. The predicted molar refractivity (Wildman–Crippen MR) is 175 cm³/mol. The van der Waals surface area contributed by atoms with Gasteiger partial charge in [-0.25, -0.2) is 13.2 Å². The van der Waals surface area contributed by atoms with Gasteiger partial charge >= 0.3 is 6.09 Å². The Bertz CT molecular complexity index is 1820. The number of nitrogens with one attached hydrogen (secondary N) is 3. The van der Waals surface area contributed by atoms with Gasteiger partial charge in [-0.3, -0.25) is 14.3 Å². The van der Waals surface area contributed by atoms with Gasteiger partial charge in [0.1, 0.15) is 11.5 Å². The molecule has 0 aliphatic carbocycles. The lowest BCUT2D eigenvalue weighted by atomic mass is 10.1. The number of hydrogen-bond acceptors (Lipinski definition) is 7. The van der Waals surface area contributed by atoms with Crippen molar-refractivity contribution < 1.29 is 32.3 Å². The van der Waals surface area contributed by atoms with Crippen molar-refractivity contribution in [3.63, 3.8) is 0 Å². The van der Waals surface area contributed by atoms with Crippen molar-refractivity contribution in [2.75, 3.05) is 31.9 Å². The summed E-state index contributed by atoms with van der Waals surface area (Å²) in [6.45, 7) is 0.0558. The Morgan fingerprint density at radius 1 is 0.826 bits per heavy atom. The van der Waals surface area contributed by atoms with E-state index in [1.807, 2.05) is 0 Å². The Morgan fingerprint density at radius 2 is 1.52 bits per heavy atom. The zero-order valence-corrected chi connectivity index (χ0v) is 27.1. The van der Waals surface area contributed by atoms with Gasteiger partial charge in [0, 0.05) is 31.2 Å². The highest BCUT2D eigenvalue weighted by Crippen LogP contribution is 2.35. The van der Waals surface area contributed by atoms with Crippen molar-refractivity contribution in [3.05, 3.63) is 112 Å². The number of nitrogens with zero attached hydrogens (tertiary/aromatic N) is 1. The molecule has 3 amide bonds. The van der Waals surface area contributed by atoms with Crippen LogP contribution in [-0.4, -0.2) is 58.4 Å². The number of hydrogen-bond donors (Lipinski definition) is 3. The van der Waals surface area contributed by atoms with E-state index in [9.17, 15) is 22.8 Å². The molecule has 0 aliphatic heterocycles. The first-order valence-corrected chi connectivity index (χ1v) is 16.0. The van der Waals surface area contributed by atoms with Crippen LogP contribution in [0.1, 0.15) is 15.9 Å². The fourth-order valence-electron chi connectivity index (χ4n) is 3.89. The van der Waals surface area contributed by atoms with Gasteiger partial charge in [0.2, 0.25) is 5.91 Å². The molecule has 0 fully saturated rings. The summed E-state index contributed by atoms with van der Waals surface area (Å²) >= 11 is 12.1. The van der Waals surface area contributed by atoms with E-state index in [2.05, 4.69) is 15.4 Å². The molecule has 240 valence electrons. The summed E-state index contributed by atoms with van der Waals surface area (Å²) in [7, 11) is -0.887. The zero-order valence-electron chi connectivity index (χ0n) is 24.8. The molecule has 0 atom stereocenters. The van der Waals surface area contributed by atoms with E-state index in [-0.39, 0.29) is 39.2 Å². The molecule has 4 rings (SSSR count). The van der Waals surface area contributed by atoms with Crippen LogP contribution >= 0.6 is 23.2 Å². The van der Waals surface area contributed by atoms with E-state index in [1.54, 1.807) is 68.7 Å². The molecule has 46 heavy (non-hydrogen) atoms. The molecule has 0 aliphatic rings. The van der Waals surface area contributed by atoms with Crippen LogP contribution in [0.25, 0.3) is 0 Å². The Kier molecular flexibility index (Phi) is 11.5. The van der Waals surface area contributed by atoms with Crippen LogP contribution in [0.15, 0.2) is 95.9 Å². The number of anilines is 1. The number of halogens is 2. The molecule has 0 saturated heterocycles. The van der Waals surface area contributed by atoms with Crippen molar-refractivity contribution >= 4 is 56.8 Å².